The van der Waals surface area contributed by atoms with Crippen molar-refractivity contribution in [3.05, 3.63) is 29.8 Å². The van der Waals surface area contributed by atoms with Gasteiger partial charge < -0.3 is 19.7 Å². The zero-order valence-corrected chi connectivity index (χ0v) is 14.8. The summed E-state index contributed by atoms with van der Waals surface area (Å²) in [5.74, 6) is 0. The van der Waals surface area contributed by atoms with Crippen LogP contribution >= 0.6 is 0 Å². The third-order valence-corrected chi connectivity index (χ3v) is 4.60. The average Bonchev–Trinajstić information content (AvgIpc) is 2.57. The molecule has 0 saturated carbocycles. The molecule has 0 aliphatic carbocycles. The molecule has 0 atom stereocenters. The van der Waals surface area contributed by atoms with Crippen molar-refractivity contribution in [3.8, 4) is 0 Å². The lowest BCUT2D eigenvalue weighted by atomic mass is 9.78. The summed E-state index contributed by atoms with van der Waals surface area (Å²) in [4.78, 5) is 10.8. The Kier molecular flexibility index (Phi) is 4.52. The molecule has 1 aromatic rings. The fourth-order valence-corrected chi connectivity index (χ4v) is 2.62. The maximum absolute atomic E-state index is 10.8. The number of hydrogen-bond donors (Lipinski definition) is 2. The van der Waals surface area contributed by atoms with E-state index >= 15 is 0 Å². The predicted octanol–water partition coefficient (Wildman–Crippen LogP) is 2.57. The van der Waals surface area contributed by atoms with Crippen molar-refractivity contribution in [3.63, 3.8) is 0 Å². The molecule has 1 aromatic carbocycles. The van der Waals surface area contributed by atoms with Crippen LogP contribution in [0.3, 0.4) is 0 Å². The molecule has 23 heavy (non-hydrogen) atoms. The van der Waals surface area contributed by atoms with E-state index in [1.165, 1.54) is 0 Å². The van der Waals surface area contributed by atoms with Gasteiger partial charge in [0.1, 0.15) is 0 Å². The molecule has 5 nitrogen and oxygen atoms in total. The van der Waals surface area contributed by atoms with E-state index in [0.717, 1.165) is 11.0 Å². The predicted molar refractivity (Wildman–Crippen MR) is 91.1 cm³/mol. The fourth-order valence-electron chi connectivity index (χ4n) is 2.62. The minimum atomic E-state index is -1.01. The minimum absolute atomic E-state index is 0.357. The summed E-state index contributed by atoms with van der Waals surface area (Å²) in [6, 6.07) is 7.94. The minimum Gasteiger partial charge on any atom is -0.465 e. The third-order valence-electron chi connectivity index (χ3n) is 4.60. The Hall–Kier alpha value is -1.53. The third kappa shape index (κ3) is 4.06. The molecule has 6 heteroatoms. The lowest BCUT2D eigenvalue weighted by Gasteiger charge is -2.32. The van der Waals surface area contributed by atoms with Crippen LogP contribution in [0.15, 0.2) is 24.3 Å². The number of rotatable bonds is 4. The van der Waals surface area contributed by atoms with Gasteiger partial charge in [-0.15, -0.1) is 0 Å². The SMILES string of the molecule is CC(C)(Cc1ccc(B2OC(C)(C)C(C)(C)O2)cc1)NC(=O)O. The van der Waals surface area contributed by atoms with Crippen molar-refractivity contribution in [1.29, 1.82) is 0 Å². The van der Waals surface area contributed by atoms with E-state index in [1.54, 1.807) is 0 Å². The number of benzene rings is 1. The topological polar surface area (TPSA) is 67.8 Å². The summed E-state index contributed by atoms with van der Waals surface area (Å²) in [7, 11) is -0.376. The first-order valence-corrected chi connectivity index (χ1v) is 7.87. The zero-order valence-electron chi connectivity index (χ0n) is 14.8. The lowest BCUT2D eigenvalue weighted by molar-refractivity contribution is 0.00578. The van der Waals surface area contributed by atoms with Gasteiger partial charge in [0.25, 0.3) is 0 Å². The molecule has 0 spiro atoms. The summed E-state index contributed by atoms with van der Waals surface area (Å²) < 4.78 is 12.1. The summed E-state index contributed by atoms with van der Waals surface area (Å²) in [5.41, 5.74) is 0.797. The van der Waals surface area contributed by atoms with Crippen LogP contribution < -0.4 is 10.8 Å². The molecule has 1 amide bonds. The van der Waals surface area contributed by atoms with Gasteiger partial charge in [-0.1, -0.05) is 24.3 Å². The smallest absolute Gasteiger partial charge is 0.465 e. The second-order valence-electron chi connectivity index (χ2n) is 7.82. The van der Waals surface area contributed by atoms with Crippen LogP contribution in [0.2, 0.25) is 0 Å². The number of amides is 1. The maximum Gasteiger partial charge on any atom is 0.494 e. The molecule has 1 aliphatic rings. The second kappa shape index (κ2) is 5.84. The van der Waals surface area contributed by atoms with E-state index in [-0.39, 0.29) is 18.3 Å². The van der Waals surface area contributed by atoms with Gasteiger partial charge in [0.2, 0.25) is 0 Å². The summed E-state index contributed by atoms with van der Waals surface area (Å²) in [6.45, 7) is 11.8. The largest absolute Gasteiger partial charge is 0.494 e. The van der Waals surface area contributed by atoms with E-state index in [0.29, 0.717) is 6.42 Å². The Labute approximate surface area is 138 Å². The van der Waals surface area contributed by atoms with Gasteiger partial charge in [0.05, 0.1) is 11.2 Å². The standard InChI is InChI=1S/C17H26BNO4/c1-15(2,19-14(20)21)11-12-7-9-13(10-8-12)18-22-16(3,4)17(5,6)23-18/h7-10,19H,11H2,1-6H3,(H,20,21). The molecule has 0 radical (unpaired) electrons. The van der Waals surface area contributed by atoms with Crippen molar-refractivity contribution in [2.24, 2.45) is 0 Å². The first-order chi connectivity index (χ1) is 10.4. The zero-order chi connectivity index (χ0) is 17.5. The Morgan fingerprint density at radius 2 is 1.61 bits per heavy atom. The maximum atomic E-state index is 10.8. The number of nitrogens with one attached hydrogen (secondary N) is 1. The van der Waals surface area contributed by atoms with Gasteiger partial charge in [-0.05, 0) is 59.0 Å². The molecular weight excluding hydrogens is 293 g/mol. The Morgan fingerprint density at radius 3 is 2.04 bits per heavy atom. The van der Waals surface area contributed by atoms with Crippen LogP contribution in [0.1, 0.15) is 47.1 Å². The van der Waals surface area contributed by atoms with Crippen molar-refractivity contribution in [2.45, 2.75) is 64.7 Å². The Bertz CT molecular complexity index is 565. The molecule has 0 aromatic heterocycles. The van der Waals surface area contributed by atoms with Gasteiger partial charge in [0.15, 0.2) is 0 Å². The van der Waals surface area contributed by atoms with Gasteiger partial charge in [-0.2, -0.15) is 0 Å². The van der Waals surface area contributed by atoms with Crippen LogP contribution in [0.4, 0.5) is 4.79 Å². The van der Waals surface area contributed by atoms with Gasteiger partial charge in [-0.3, -0.25) is 0 Å². The van der Waals surface area contributed by atoms with Crippen LogP contribution in [0.5, 0.6) is 0 Å². The highest BCUT2D eigenvalue weighted by molar-refractivity contribution is 6.62. The lowest BCUT2D eigenvalue weighted by Crippen LogP contribution is -2.44. The molecule has 1 fully saturated rings. The van der Waals surface area contributed by atoms with E-state index in [9.17, 15) is 4.79 Å². The number of carboxylic acid groups (broad SMARTS) is 1. The monoisotopic (exact) mass is 319 g/mol. The number of carbonyl (C=O) groups is 1. The Morgan fingerprint density at radius 1 is 1.13 bits per heavy atom. The molecule has 2 rings (SSSR count). The normalized spacial score (nSPS) is 19.7. The number of hydrogen-bond acceptors (Lipinski definition) is 3. The summed E-state index contributed by atoms with van der Waals surface area (Å²) in [5, 5.41) is 11.4. The van der Waals surface area contributed by atoms with Crippen molar-refractivity contribution in [1.82, 2.24) is 5.32 Å². The van der Waals surface area contributed by atoms with E-state index < -0.39 is 11.6 Å². The molecular formula is C17H26BNO4. The van der Waals surface area contributed by atoms with E-state index in [2.05, 4.69) is 5.32 Å². The molecule has 0 bridgehead atoms. The van der Waals surface area contributed by atoms with Crippen LogP contribution in [-0.4, -0.2) is 35.1 Å². The van der Waals surface area contributed by atoms with Crippen molar-refractivity contribution < 1.29 is 19.2 Å². The fraction of sp³-hybridized carbons (Fsp3) is 0.588. The molecule has 2 N–H and O–H groups in total. The quantitative estimate of drug-likeness (QED) is 0.837. The summed E-state index contributed by atoms with van der Waals surface area (Å²) in [6.07, 6.45) is -0.396. The Balaban J connectivity index is 2.08. The van der Waals surface area contributed by atoms with Gasteiger partial charge in [0, 0.05) is 5.54 Å². The highest BCUT2D eigenvalue weighted by Crippen LogP contribution is 2.36. The van der Waals surface area contributed by atoms with Crippen molar-refractivity contribution >= 4 is 18.7 Å². The van der Waals surface area contributed by atoms with Gasteiger partial charge >= 0.3 is 13.2 Å². The van der Waals surface area contributed by atoms with E-state index in [4.69, 9.17) is 14.4 Å². The molecule has 126 valence electrons. The highest BCUT2D eigenvalue weighted by atomic mass is 16.7. The van der Waals surface area contributed by atoms with Crippen LogP contribution in [0, 0.1) is 0 Å². The molecule has 1 aliphatic heterocycles. The first-order valence-electron chi connectivity index (χ1n) is 7.87. The molecule has 1 heterocycles. The highest BCUT2D eigenvalue weighted by Gasteiger charge is 2.51. The van der Waals surface area contributed by atoms with Gasteiger partial charge in [-0.25, -0.2) is 4.79 Å². The second-order valence-corrected chi connectivity index (χ2v) is 7.82. The molecule has 0 unspecified atom stereocenters. The average molecular weight is 319 g/mol. The first kappa shape index (κ1) is 17.8. The summed E-state index contributed by atoms with van der Waals surface area (Å²) >= 11 is 0. The van der Waals surface area contributed by atoms with Crippen LogP contribution in [-0.2, 0) is 15.7 Å². The molecule has 1 saturated heterocycles. The van der Waals surface area contributed by atoms with E-state index in [1.807, 2.05) is 65.8 Å². The van der Waals surface area contributed by atoms with Crippen molar-refractivity contribution in [2.75, 3.05) is 0 Å². The van der Waals surface area contributed by atoms with Crippen LogP contribution in [0.25, 0.3) is 0 Å².